The molecule has 2 heterocycles. The predicted molar refractivity (Wildman–Crippen MR) is 93.3 cm³/mol. The fraction of sp³-hybridized carbons (Fsp3) is 0.211. The highest BCUT2D eigenvalue weighted by atomic mass is 16.5. The van der Waals surface area contributed by atoms with Gasteiger partial charge in [0.1, 0.15) is 0 Å². The van der Waals surface area contributed by atoms with Crippen LogP contribution in [0.4, 0.5) is 4.79 Å². The zero-order valence-corrected chi connectivity index (χ0v) is 14.1. The van der Waals surface area contributed by atoms with Gasteiger partial charge in [-0.25, -0.2) is 9.59 Å². The van der Waals surface area contributed by atoms with Crippen LogP contribution in [0, 0.1) is 0 Å². The smallest absolute Gasteiger partial charge is 0.338 e. The van der Waals surface area contributed by atoms with Crippen LogP contribution in [-0.4, -0.2) is 35.5 Å². The number of esters is 1. The minimum atomic E-state index is -0.596. The molecule has 2 amide bonds. The molecule has 128 valence electrons. The quantitative estimate of drug-likeness (QED) is 0.871. The summed E-state index contributed by atoms with van der Waals surface area (Å²) in [4.78, 5) is 30.7. The number of amides is 2. The molecule has 1 aromatic carbocycles. The topological polar surface area (TPSA) is 71.5 Å². The summed E-state index contributed by atoms with van der Waals surface area (Å²) in [5.74, 6) is -0.449. The Labute approximate surface area is 146 Å². The van der Waals surface area contributed by atoms with E-state index in [9.17, 15) is 9.59 Å². The highest BCUT2D eigenvalue weighted by Crippen LogP contribution is 2.35. The Kier molecular flexibility index (Phi) is 4.79. The number of nitrogens with zero attached hydrogens (tertiary/aromatic N) is 2. The first kappa shape index (κ1) is 16.7. The molecular weight excluding hydrogens is 318 g/mol. The maximum absolute atomic E-state index is 12.7. The van der Waals surface area contributed by atoms with Crippen LogP contribution in [0.1, 0.15) is 24.1 Å². The van der Waals surface area contributed by atoms with Gasteiger partial charge in [-0.05, 0) is 30.2 Å². The summed E-state index contributed by atoms with van der Waals surface area (Å²) in [6, 6.07) is 12.0. The second kappa shape index (κ2) is 7.17. The summed E-state index contributed by atoms with van der Waals surface area (Å²) >= 11 is 0. The predicted octanol–water partition coefficient (Wildman–Crippen LogP) is 2.75. The van der Waals surface area contributed by atoms with Gasteiger partial charge in [-0.2, -0.15) is 0 Å². The number of carbonyl (C=O) groups is 2. The summed E-state index contributed by atoms with van der Waals surface area (Å²) in [7, 11) is 1.64. The van der Waals surface area contributed by atoms with E-state index in [0.29, 0.717) is 11.3 Å². The monoisotopic (exact) mass is 337 g/mol. The third-order valence-corrected chi connectivity index (χ3v) is 4.03. The fourth-order valence-corrected chi connectivity index (χ4v) is 2.89. The van der Waals surface area contributed by atoms with Gasteiger partial charge in [-0.3, -0.25) is 9.88 Å². The number of hydrogen-bond acceptors (Lipinski definition) is 4. The van der Waals surface area contributed by atoms with Crippen molar-refractivity contribution >= 4 is 17.7 Å². The third-order valence-electron chi connectivity index (χ3n) is 4.03. The number of ether oxygens (including phenoxy) is 1. The molecule has 0 saturated heterocycles. The molecular formula is C19H19N3O3. The lowest BCUT2D eigenvalue weighted by Crippen LogP contribution is -2.46. The van der Waals surface area contributed by atoms with E-state index in [1.54, 1.807) is 38.5 Å². The lowest BCUT2D eigenvalue weighted by molar-refractivity contribution is -0.138. The first-order valence-corrected chi connectivity index (χ1v) is 8.04. The highest BCUT2D eigenvalue weighted by molar-refractivity contribution is 6.04. The molecule has 1 aromatic heterocycles. The molecule has 25 heavy (non-hydrogen) atoms. The van der Waals surface area contributed by atoms with Gasteiger partial charge in [0.05, 0.1) is 23.9 Å². The maximum Gasteiger partial charge on any atom is 0.338 e. The zero-order valence-electron chi connectivity index (χ0n) is 14.1. The van der Waals surface area contributed by atoms with Crippen molar-refractivity contribution in [1.82, 2.24) is 15.2 Å². The fourth-order valence-electron chi connectivity index (χ4n) is 2.89. The number of carbonyl (C=O) groups excluding carboxylic acids is 2. The minimum absolute atomic E-state index is 0.255. The molecule has 3 rings (SSSR count). The summed E-state index contributed by atoms with van der Waals surface area (Å²) in [5, 5.41) is 2.87. The molecule has 2 aromatic rings. The van der Waals surface area contributed by atoms with E-state index in [0.717, 1.165) is 11.1 Å². The Bertz CT molecular complexity index is 803. The van der Waals surface area contributed by atoms with E-state index in [2.05, 4.69) is 10.3 Å². The number of nitrogens with one attached hydrogen (secondary N) is 1. The average molecular weight is 337 g/mol. The van der Waals surface area contributed by atoms with Crippen molar-refractivity contribution in [3.05, 3.63) is 71.6 Å². The second-order valence-electron chi connectivity index (χ2n) is 5.57. The van der Waals surface area contributed by atoms with E-state index in [-0.39, 0.29) is 12.6 Å². The van der Waals surface area contributed by atoms with Gasteiger partial charge in [0.15, 0.2) is 0 Å². The van der Waals surface area contributed by atoms with Crippen LogP contribution in [0.15, 0.2) is 60.4 Å². The third kappa shape index (κ3) is 3.24. The van der Waals surface area contributed by atoms with Crippen LogP contribution in [0.5, 0.6) is 0 Å². The number of pyridine rings is 1. The number of urea groups is 1. The lowest BCUT2D eigenvalue weighted by Gasteiger charge is -2.34. The van der Waals surface area contributed by atoms with Crippen molar-refractivity contribution in [3.8, 4) is 0 Å². The van der Waals surface area contributed by atoms with Crippen LogP contribution in [0.25, 0.3) is 5.70 Å². The highest BCUT2D eigenvalue weighted by Gasteiger charge is 2.37. The van der Waals surface area contributed by atoms with Crippen LogP contribution in [0.3, 0.4) is 0 Å². The van der Waals surface area contributed by atoms with Crippen LogP contribution in [0.2, 0.25) is 0 Å². The van der Waals surface area contributed by atoms with Gasteiger partial charge >= 0.3 is 12.0 Å². The number of benzene rings is 1. The molecule has 6 nitrogen and oxygen atoms in total. The van der Waals surface area contributed by atoms with Gasteiger partial charge < -0.3 is 10.1 Å². The average Bonchev–Trinajstić information content (AvgIpc) is 2.65. The minimum Gasteiger partial charge on any atom is -0.463 e. The van der Waals surface area contributed by atoms with Crippen LogP contribution in [-0.2, 0) is 9.53 Å². The Morgan fingerprint density at radius 1 is 1.20 bits per heavy atom. The molecule has 0 bridgehead atoms. The van der Waals surface area contributed by atoms with E-state index >= 15 is 0 Å². The zero-order chi connectivity index (χ0) is 17.8. The van der Waals surface area contributed by atoms with Crippen LogP contribution >= 0.6 is 0 Å². The first-order valence-electron chi connectivity index (χ1n) is 8.04. The number of hydrogen-bond donors (Lipinski definition) is 1. The van der Waals surface area contributed by atoms with Gasteiger partial charge in [0, 0.05) is 19.4 Å². The molecule has 0 radical (unpaired) electrons. The van der Waals surface area contributed by atoms with Crippen molar-refractivity contribution in [2.24, 2.45) is 0 Å². The lowest BCUT2D eigenvalue weighted by atomic mass is 9.92. The molecule has 0 saturated carbocycles. The summed E-state index contributed by atoms with van der Waals surface area (Å²) in [5.41, 5.74) is 2.50. The number of rotatable bonds is 4. The number of aromatic nitrogens is 1. The van der Waals surface area contributed by atoms with Crippen molar-refractivity contribution in [3.63, 3.8) is 0 Å². The molecule has 1 N–H and O–H groups in total. The standard InChI is InChI=1S/C19H19N3O3/c1-3-25-18(23)15-16(13-9-11-20-12-10-13)21-19(24)22(2)17(15)14-7-5-4-6-8-14/h4-12,16H,3H2,1-2H3,(H,21,24). The van der Waals surface area contributed by atoms with E-state index in [1.807, 2.05) is 30.3 Å². The Balaban J connectivity index is 2.23. The molecule has 0 spiro atoms. The van der Waals surface area contributed by atoms with Crippen molar-refractivity contribution < 1.29 is 14.3 Å². The Hall–Kier alpha value is -3.15. The SMILES string of the molecule is CCOC(=O)C1=C(c2ccccc2)N(C)C(=O)NC1c1ccncc1. The van der Waals surface area contributed by atoms with E-state index < -0.39 is 12.0 Å². The molecule has 1 atom stereocenters. The molecule has 1 aliphatic rings. The van der Waals surface area contributed by atoms with Gasteiger partial charge in [0.2, 0.25) is 0 Å². The van der Waals surface area contributed by atoms with Gasteiger partial charge in [0.25, 0.3) is 0 Å². The first-order chi connectivity index (χ1) is 12.1. The molecule has 0 fully saturated rings. The molecule has 1 unspecified atom stereocenters. The van der Waals surface area contributed by atoms with Crippen LogP contribution < -0.4 is 5.32 Å². The van der Waals surface area contributed by atoms with Crippen molar-refractivity contribution in [2.75, 3.05) is 13.7 Å². The summed E-state index contributed by atoms with van der Waals surface area (Å²) in [6.45, 7) is 2.01. The van der Waals surface area contributed by atoms with Crippen molar-refractivity contribution in [1.29, 1.82) is 0 Å². The molecule has 0 aliphatic carbocycles. The van der Waals surface area contributed by atoms with Gasteiger partial charge in [-0.1, -0.05) is 30.3 Å². The normalized spacial score (nSPS) is 17.3. The second-order valence-corrected chi connectivity index (χ2v) is 5.57. The van der Waals surface area contributed by atoms with Gasteiger partial charge in [-0.15, -0.1) is 0 Å². The maximum atomic E-state index is 12.7. The summed E-state index contributed by atoms with van der Waals surface area (Å²) in [6.07, 6.45) is 3.26. The molecule has 1 aliphatic heterocycles. The van der Waals surface area contributed by atoms with Crippen molar-refractivity contribution in [2.45, 2.75) is 13.0 Å². The van der Waals surface area contributed by atoms with E-state index in [1.165, 1.54) is 4.90 Å². The molecule has 6 heteroatoms. The summed E-state index contributed by atoms with van der Waals surface area (Å²) < 4.78 is 5.28. The largest absolute Gasteiger partial charge is 0.463 e. The Morgan fingerprint density at radius 3 is 2.52 bits per heavy atom. The Morgan fingerprint density at radius 2 is 1.88 bits per heavy atom. The van der Waals surface area contributed by atoms with E-state index in [4.69, 9.17) is 4.74 Å².